The summed E-state index contributed by atoms with van der Waals surface area (Å²) in [4.78, 5) is 2.67. The lowest BCUT2D eigenvalue weighted by molar-refractivity contribution is 0.178. The van der Waals surface area contributed by atoms with Gasteiger partial charge in [-0.25, -0.2) is 0 Å². The van der Waals surface area contributed by atoms with Crippen LogP contribution in [0.3, 0.4) is 0 Å². The quantitative estimate of drug-likeness (QED) is 0.690. The molecular formula is C11H22BrN. The van der Waals surface area contributed by atoms with Crippen LogP contribution < -0.4 is 0 Å². The lowest BCUT2D eigenvalue weighted by Gasteiger charge is -2.32. The maximum Gasteiger partial charge on any atom is 0.00949 e. The molecule has 1 aliphatic rings. The second-order valence-corrected chi connectivity index (χ2v) is 5.53. The molecule has 1 fully saturated rings. The summed E-state index contributed by atoms with van der Waals surface area (Å²) in [6.07, 6.45) is 4.13. The molecule has 0 aromatic heterocycles. The monoisotopic (exact) mass is 247 g/mol. The SMILES string of the molecule is CCC1CCCN1CC(C)(C)CBr. The fourth-order valence-corrected chi connectivity index (χ4v) is 2.33. The Hall–Kier alpha value is 0.440. The highest BCUT2D eigenvalue weighted by Crippen LogP contribution is 2.26. The van der Waals surface area contributed by atoms with Crippen LogP contribution >= 0.6 is 15.9 Å². The number of halogens is 1. The molecule has 1 nitrogen and oxygen atoms in total. The van der Waals surface area contributed by atoms with E-state index in [2.05, 4.69) is 41.6 Å². The Labute approximate surface area is 91.0 Å². The fraction of sp³-hybridized carbons (Fsp3) is 1.00. The summed E-state index contributed by atoms with van der Waals surface area (Å²) in [7, 11) is 0. The molecule has 2 heteroatoms. The minimum atomic E-state index is 0.428. The Morgan fingerprint density at radius 2 is 2.15 bits per heavy atom. The van der Waals surface area contributed by atoms with E-state index in [-0.39, 0.29) is 0 Å². The van der Waals surface area contributed by atoms with Gasteiger partial charge >= 0.3 is 0 Å². The third-order valence-electron chi connectivity index (χ3n) is 2.96. The zero-order valence-corrected chi connectivity index (χ0v) is 10.7. The van der Waals surface area contributed by atoms with Crippen molar-refractivity contribution < 1.29 is 0 Å². The average Bonchev–Trinajstić information content (AvgIpc) is 2.51. The first-order valence-corrected chi connectivity index (χ1v) is 6.51. The van der Waals surface area contributed by atoms with Gasteiger partial charge in [-0.1, -0.05) is 36.7 Å². The molecule has 13 heavy (non-hydrogen) atoms. The van der Waals surface area contributed by atoms with Crippen molar-refractivity contribution in [1.29, 1.82) is 0 Å². The van der Waals surface area contributed by atoms with Crippen LogP contribution in [0.4, 0.5) is 0 Å². The Morgan fingerprint density at radius 3 is 2.69 bits per heavy atom. The predicted octanol–water partition coefficient (Wildman–Crippen LogP) is 3.28. The van der Waals surface area contributed by atoms with Gasteiger partial charge in [0, 0.05) is 17.9 Å². The van der Waals surface area contributed by atoms with E-state index in [1.54, 1.807) is 0 Å². The van der Waals surface area contributed by atoms with Crippen molar-refractivity contribution in [3.63, 3.8) is 0 Å². The Bertz CT molecular complexity index is 156. The van der Waals surface area contributed by atoms with Crippen molar-refractivity contribution >= 4 is 15.9 Å². The van der Waals surface area contributed by atoms with Gasteiger partial charge in [-0.15, -0.1) is 0 Å². The number of hydrogen-bond donors (Lipinski definition) is 0. The molecule has 1 aliphatic heterocycles. The first-order chi connectivity index (χ1) is 6.09. The lowest BCUT2D eigenvalue weighted by Crippen LogP contribution is -2.38. The maximum atomic E-state index is 3.59. The van der Waals surface area contributed by atoms with Gasteiger partial charge in [0.05, 0.1) is 0 Å². The van der Waals surface area contributed by atoms with Crippen LogP contribution in [0.15, 0.2) is 0 Å². The van der Waals surface area contributed by atoms with Gasteiger partial charge in [0.15, 0.2) is 0 Å². The van der Waals surface area contributed by atoms with E-state index in [1.165, 1.54) is 32.4 Å². The Balaban J connectivity index is 2.43. The summed E-state index contributed by atoms with van der Waals surface area (Å²) >= 11 is 3.59. The summed E-state index contributed by atoms with van der Waals surface area (Å²) in [5.74, 6) is 0. The largest absolute Gasteiger partial charge is 0.300 e. The number of nitrogens with zero attached hydrogens (tertiary/aromatic N) is 1. The van der Waals surface area contributed by atoms with Crippen molar-refractivity contribution in [3.8, 4) is 0 Å². The highest BCUT2D eigenvalue weighted by molar-refractivity contribution is 9.09. The van der Waals surface area contributed by atoms with Crippen LogP contribution in [0.1, 0.15) is 40.0 Å². The average molecular weight is 248 g/mol. The van der Waals surface area contributed by atoms with Gasteiger partial charge in [0.1, 0.15) is 0 Å². The minimum Gasteiger partial charge on any atom is -0.300 e. The van der Waals surface area contributed by atoms with Gasteiger partial charge in [0.25, 0.3) is 0 Å². The molecule has 0 N–H and O–H groups in total. The van der Waals surface area contributed by atoms with Crippen LogP contribution in [0.5, 0.6) is 0 Å². The normalized spacial score (nSPS) is 25.4. The molecule has 0 amide bonds. The van der Waals surface area contributed by atoms with Gasteiger partial charge in [-0.2, -0.15) is 0 Å². The van der Waals surface area contributed by atoms with Crippen LogP contribution in [0.2, 0.25) is 0 Å². The first kappa shape index (κ1) is 11.5. The van der Waals surface area contributed by atoms with Gasteiger partial charge in [0.2, 0.25) is 0 Å². The maximum absolute atomic E-state index is 3.59. The van der Waals surface area contributed by atoms with E-state index >= 15 is 0 Å². The van der Waals surface area contributed by atoms with E-state index in [9.17, 15) is 0 Å². The molecular weight excluding hydrogens is 226 g/mol. The van der Waals surface area contributed by atoms with Crippen molar-refractivity contribution in [2.75, 3.05) is 18.4 Å². The molecule has 1 saturated heterocycles. The molecule has 1 heterocycles. The second kappa shape index (κ2) is 4.79. The lowest BCUT2D eigenvalue weighted by atomic mass is 9.95. The van der Waals surface area contributed by atoms with Crippen LogP contribution in [-0.4, -0.2) is 29.4 Å². The number of likely N-dealkylation sites (tertiary alicyclic amines) is 1. The van der Waals surface area contributed by atoms with Crippen LogP contribution in [0.25, 0.3) is 0 Å². The van der Waals surface area contributed by atoms with E-state index in [0.29, 0.717) is 5.41 Å². The summed E-state index contributed by atoms with van der Waals surface area (Å²) in [6.45, 7) is 9.55. The summed E-state index contributed by atoms with van der Waals surface area (Å²) < 4.78 is 0. The molecule has 1 unspecified atom stereocenters. The fourth-order valence-electron chi connectivity index (χ4n) is 2.16. The standard InChI is InChI=1S/C11H22BrN/c1-4-10-6-5-7-13(10)9-11(2,3)8-12/h10H,4-9H2,1-3H3. The molecule has 0 radical (unpaired) electrons. The Kier molecular flexibility index (Phi) is 4.24. The predicted molar refractivity (Wildman–Crippen MR) is 62.5 cm³/mol. The van der Waals surface area contributed by atoms with E-state index in [0.717, 1.165) is 11.4 Å². The third-order valence-corrected chi connectivity index (χ3v) is 4.48. The highest BCUT2D eigenvalue weighted by atomic mass is 79.9. The topological polar surface area (TPSA) is 3.24 Å². The van der Waals surface area contributed by atoms with Gasteiger partial charge in [-0.05, 0) is 31.2 Å². The van der Waals surface area contributed by atoms with Crippen LogP contribution in [-0.2, 0) is 0 Å². The van der Waals surface area contributed by atoms with Crippen LogP contribution in [0, 0.1) is 5.41 Å². The van der Waals surface area contributed by atoms with Crippen molar-refractivity contribution in [3.05, 3.63) is 0 Å². The zero-order chi connectivity index (χ0) is 9.90. The number of alkyl halides is 1. The smallest absolute Gasteiger partial charge is 0.00949 e. The van der Waals surface area contributed by atoms with E-state index in [4.69, 9.17) is 0 Å². The molecule has 0 aliphatic carbocycles. The molecule has 78 valence electrons. The van der Waals surface area contributed by atoms with E-state index in [1.807, 2.05) is 0 Å². The Morgan fingerprint density at radius 1 is 1.46 bits per heavy atom. The number of rotatable bonds is 4. The van der Waals surface area contributed by atoms with Crippen molar-refractivity contribution in [2.24, 2.45) is 5.41 Å². The van der Waals surface area contributed by atoms with Crippen molar-refractivity contribution in [1.82, 2.24) is 4.90 Å². The molecule has 0 bridgehead atoms. The minimum absolute atomic E-state index is 0.428. The van der Waals surface area contributed by atoms with Gasteiger partial charge < -0.3 is 0 Å². The number of hydrogen-bond acceptors (Lipinski definition) is 1. The molecule has 1 atom stereocenters. The molecule has 0 aromatic carbocycles. The summed E-state index contributed by atoms with van der Waals surface area (Å²) in [5, 5.41) is 1.10. The molecule has 1 rings (SSSR count). The second-order valence-electron chi connectivity index (χ2n) is 4.97. The zero-order valence-electron chi connectivity index (χ0n) is 9.15. The summed E-state index contributed by atoms with van der Waals surface area (Å²) in [5.41, 5.74) is 0.428. The summed E-state index contributed by atoms with van der Waals surface area (Å²) in [6, 6.07) is 0.860. The van der Waals surface area contributed by atoms with E-state index < -0.39 is 0 Å². The third kappa shape index (κ3) is 3.25. The first-order valence-electron chi connectivity index (χ1n) is 5.39. The molecule has 0 aromatic rings. The van der Waals surface area contributed by atoms with Crippen molar-refractivity contribution in [2.45, 2.75) is 46.1 Å². The molecule has 0 saturated carbocycles. The van der Waals surface area contributed by atoms with Gasteiger partial charge in [-0.3, -0.25) is 4.90 Å². The molecule has 0 spiro atoms. The highest BCUT2D eigenvalue weighted by Gasteiger charge is 2.28.